The van der Waals surface area contributed by atoms with Crippen molar-refractivity contribution < 1.29 is 9.18 Å². The lowest BCUT2D eigenvalue weighted by Crippen LogP contribution is -2.29. The third-order valence-electron chi connectivity index (χ3n) is 4.17. The molecule has 0 radical (unpaired) electrons. The van der Waals surface area contributed by atoms with Crippen LogP contribution in [0.3, 0.4) is 0 Å². The maximum absolute atomic E-state index is 13.8. The molecule has 0 saturated carbocycles. The van der Waals surface area contributed by atoms with Crippen LogP contribution in [0.2, 0.25) is 5.02 Å². The maximum Gasteiger partial charge on any atom is 0.264 e. The molecule has 0 aliphatic rings. The van der Waals surface area contributed by atoms with E-state index < -0.39 is 5.82 Å². The minimum Gasteiger partial charge on any atom is -0.341 e. The Morgan fingerprint density at radius 1 is 1.38 bits per heavy atom. The van der Waals surface area contributed by atoms with E-state index in [1.165, 1.54) is 38.8 Å². The summed E-state index contributed by atoms with van der Waals surface area (Å²) in [6.45, 7) is 0.226. The lowest BCUT2D eigenvalue weighted by molar-refractivity contribution is -0.130. The molecule has 2 aromatic heterocycles. The highest BCUT2D eigenvalue weighted by Crippen LogP contribution is 2.20. The second-order valence-electron chi connectivity index (χ2n) is 5.95. The van der Waals surface area contributed by atoms with Crippen LogP contribution in [-0.2, 0) is 24.9 Å². The molecule has 7 nitrogen and oxygen atoms in total. The molecule has 0 spiro atoms. The summed E-state index contributed by atoms with van der Waals surface area (Å²) in [4.78, 5) is 30.3. The first-order valence-corrected chi connectivity index (χ1v) is 8.30. The molecular formula is C17H17ClFN5O2. The fourth-order valence-electron chi connectivity index (χ4n) is 2.64. The van der Waals surface area contributed by atoms with Gasteiger partial charge >= 0.3 is 0 Å². The number of carbonyl (C=O) groups excluding carboxylic acids is 1. The van der Waals surface area contributed by atoms with E-state index in [0.717, 1.165) is 0 Å². The Bertz CT molecular complexity index is 1010. The molecule has 0 atom stereocenters. The van der Waals surface area contributed by atoms with E-state index in [4.69, 9.17) is 11.6 Å². The van der Waals surface area contributed by atoms with Gasteiger partial charge in [-0.1, -0.05) is 17.7 Å². The maximum atomic E-state index is 13.8. The van der Waals surface area contributed by atoms with Gasteiger partial charge in [0.15, 0.2) is 5.65 Å². The first kappa shape index (κ1) is 18.1. The van der Waals surface area contributed by atoms with Crippen LogP contribution in [0.25, 0.3) is 11.0 Å². The molecular weight excluding hydrogens is 361 g/mol. The Morgan fingerprint density at radius 2 is 2.15 bits per heavy atom. The Hall–Kier alpha value is -2.74. The molecule has 3 rings (SSSR count). The monoisotopic (exact) mass is 377 g/mol. The van der Waals surface area contributed by atoms with Crippen LogP contribution in [0.5, 0.6) is 0 Å². The summed E-state index contributed by atoms with van der Waals surface area (Å²) in [7, 11) is 3.27. The van der Waals surface area contributed by atoms with Crippen molar-refractivity contribution in [2.75, 3.05) is 7.05 Å². The van der Waals surface area contributed by atoms with Crippen LogP contribution < -0.4 is 5.56 Å². The number of aromatic nitrogens is 4. The molecule has 3 aromatic rings. The molecule has 0 N–H and O–H groups in total. The smallest absolute Gasteiger partial charge is 0.264 e. The molecule has 26 heavy (non-hydrogen) atoms. The largest absolute Gasteiger partial charge is 0.341 e. The van der Waals surface area contributed by atoms with Crippen molar-refractivity contribution in [1.29, 1.82) is 0 Å². The fraction of sp³-hybridized carbons (Fsp3) is 0.294. The third-order valence-corrected chi connectivity index (χ3v) is 4.52. The van der Waals surface area contributed by atoms with Gasteiger partial charge in [0.25, 0.3) is 5.56 Å². The molecule has 0 aliphatic carbocycles. The molecule has 0 aliphatic heterocycles. The number of hydrogen-bond acceptors (Lipinski definition) is 4. The van der Waals surface area contributed by atoms with Crippen molar-refractivity contribution in [3.8, 4) is 0 Å². The Morgan fingerprint density at radius 3 is 2.88 bits per heavy atom. The highest BCUT2D eigenvalue weighted by molar-refractivity contribution is 6.31. The first-order chi connectivity index (χ1) is 12.4. The first-order valence-electron chi connectivity index (χ1n) is 7.92. The summed E-state index contributed by atoms with van der Waals surface area (Å²) in [5.41, 5.74) is 0.500. The fourth-order valence-corrected chi connectivity index (χ4v) is 2.86. The summed E-state index contributed by atoms with van der Waals surface area (Å²) in [5, 5.41) is 4.67. The molecule has 1 aromatic carbocycles. The second-order valence-corrected chi connectivity index (χ2v) is 6.36. The van der Waals surface area contributed by atoms with E-state index in [9.17, 15) is 14.0 Å². The molecule has 136 valence electrons. The van der Waals surface area contributed by atoms with E-state index in [1.54, 1.807) is 20.2 Å². The van der Waals surface area contributed by atoms with Gasteiger partial charge in [-0.3, -0.25) is 18.8 Å². The summed E-state index contributed by atoms with van der Waals surface area (Å²) in [6.07, 6.45) is 2.93. The number of rotatable bonds is 5. The third kappa shape index (κ3) is 3.45. The lowest BCUT2D eigenvalue weighted by Gasteiger charge is -2.18. The summed E-state index contributed by atoms with van der Waals surface area (Å²) in [5.74, 6) is -0.692. The Kier molecular flexibility index (Phi) is 5.03. The number of benzene rings is 1. The number of hydrogen-bond donors (Lipinski definition) is 0. The normalized spacial score (nSPS) is 11.1. The number of amides is 1. The zero-order valence-corrected chi connectivity index (χ0v) is 15.1. The highest BCUT2D eigenvalue weighted by Gasteiger charge is 2.15. The quantitative estimate of drug-likeness (QED) is 0.681. The highest BCUT2D eigenvalue weighted by atomic mass is 35.5. The average molecular weight is 378 g/mol. The van der Waals surface area contributed by atoms with Crippen molar-refractivity contribution in [3.05, 3.63) is 57.5 Å². The van der Waals surface area contributed by atoms with Crippen molar-refractivity contribution in [1.82, 2.24) is 24.2 Å². The van der Waals surface area contributed by atoms with Gasteiger partial charge in [-0.05, 0) is 12.1 Å². The number of fused-ring (bicyclic) bond motifs is 1. The van der Waals surface area contributed by atoms with Crippen molar-refractivity contribution in [2.24, 2.45) is 7.05 Å². The molecule has 2 heterocycles. The van der Waals surface area contributed by atoms with E-state index in [1.807, 2.05) is 0 Å². The molecule has 1 amide bonds. The number of nitrogens with zero attached hydrogens (tertiary/aromatic N) is 5. The average Bonchev–Trinajstić information content (AvgIpc) is 2.99. The minimum absolute atomic E-state index is 0.0547. The van der Waals surface area contributed by atoms with Crippen LogP contribution in [0.1, 0.15) is 12.0 Å². The molecule has 0 unspecified atom stereocenters. The van der Waals surface area contributed by atoms with Gasteiger partial charge in [0.1, 0.15) is 11.2 Å². The predicted molar refractivity (Wildman–Crippen MR) is 95.3 cm³/mol. The van der Waals surface area contributed by atoms with Gasteiger partial charge in [-0.2, -0.15) is 5.10 Å². The minimum atomic E-state index is -0.459. The number of aryl methyl sites for hydroxylation is 2. The molecule has 0 bridgehead atoms. The van der Waals surface area contributed by atoms with Crippen LogP contribution in [0, 0.1) is 5.82 Å². The molecule has 0 saturated heterocycles. The SMILES string of the molecule is CN(Cc1c(F)cccc1Cl)C(=O)CCn1cnc2c(cnn2C)c1=O. The number of carbonyl (C=O) groups is 1. The standard InChI is InChI=1S/C17H17ClFN5O2/c1-22(9-12-13(18)4-3-5-14(12)19)15(25)6-7-24-10-20-16-11(17(24)26)8-21-23(16)2/h3-5,8,10H,6-7,9H2,1-2H3. The summed E-state index contributed by atoms with van der Waals surface area (Å²) in [6, 6.07) is 4.39. The van der Waals surface area contributed by atoms with E-state index in [-0.39, 0.29) is 41.6 Å². The van der Waals surface area contributed by atoms with Gasteiger partial charge < -0.3 is 4.90 Å². The van der Waals surface area contributed by atoms with Gasteiger partial charge in [-0.25, -0.2) is 9.37 Å². The van der Waals surface area contributed by atoms with Crippen molar-refractivity contribution >= 4 is 28.5 Å². The van der Waals surface area contributed by atoms with Crippen molar-refractivity contribution in [2.45, 2.75) is 19.5 Å². The summed E-state index contributed by atoms with van der Waals surface area (Å²) >= 11 is 5.99. The zero-order chi connectivity index (χ0) is 18.8. The van der Waals surface area contributed by atoms with Gasteiger partial charge in [0, 0.05) is 44.2 Å². The van der Waals surface area contributed by atoms with Crippen LogP contribution >= 0.6 is 11.6 Å². The van der Waals surface area contributed by atoms with Gasteiger partial charge in [0.05, 0.1) is 12.5 Å². The van der Waals surface area contributed by atoms with Gasteiger partial charge in [-0.15, -0.1) is 0 Å². The molecule has 0 fully saturated rings. The Balaban J connectivity index is 1.69. The second kappa shape index (κ2) is 7.25. The zero-order valence-electron chi connectivity index (χ0n) is 14.3. The van der Waals surface area contributed by atoms with E-state index >= 15 is 0 Å². The Labute approximate surface area is 153 Å². The predicted octanol–water partition coefficient (Wildman–Crippen LogP) is 1.97. The topological polar surface area (TPSA) is 73.0 Å². The van der Waals surface area contributed by atoms with Crippen LogP contribution in [-0.4, -0.2) is 37.2 Å². The van der Waals surface area contributed by atoms with Crippen LogP contribution in [0.15, 0.2) is 35.5 Å². The summed E-state index contributed by atoms with van der Waals surface area (Å²) < 4.78 is 16.7. The van der Waals surface area contributed by atoms with Crippen molar-refractivity contribution in [3.63, 3.8) is 0 Å². The van der Waals surface area contributed by atoms with Gasteiger partial charge in [0.2, 0.25) is 5.91 Å². The molecule has 9 heteroatoms. The lowest BCUT2D eigenvalue weighted by atomic mass is 10.2. The van der Waals surface area contributed by atoms with Crippen LogP contribution in [0.4, 0.5) is 4.39 Å². The van der Waals surface area contributed by atoms with E-state index in [0.29, 0.717) is 11.0 Å². The van der Waals surface area contributed by atoms with E-state index in [2.05, 4.69) is 10.1 Å². The number of halogens is 2.